The number of thioether (sulfide) groups is 1. The maximum absolute atomic E-state index is 11.8. The molecule has 1 aliphatic rings. The van der Waals surface area contributed by atoms with Gasteiger partial charge in [0.1, 0.15) is 0 Å². The Kier molecular flexibility index (Phi) is 1.02. The third kappa shape index (κ3) is 0.876. The van der Waals surface area contributed by atoms with Crippen molar-refractivity contribution < 1.29 is 8.78 Å². The fourth-order valence-electron chi connectivity index (χ4n) is 0.444. The molecule has 0 nitrogen and oxygen atoms in total. The predicted octanol–water partition coefficient (Wildman–Crippen LogP) is 1.76. The fraction of sp³-hybridized carbons (Fsp3) is 1.00. The zero-order chi connectivity index (χ0) is 5.49. The van der Waals surface area contributed by atoms with Gasteiger partial charge < -0.3 is 0 Å². The van der Waals surface area contributed by atoms with Crippen LogP contribution >= 0.6 is 11.8 Å². The molecule has 1 fully saturated rings. The van der Waals surface area contributed by atoms with E-state index in [0.717, 1.165) is 0 Å². The van der Waals surface area contributed by atoms with Crippen molar-refractivity contribution in [2.24, 2.45) is 0 Å². The molecule has 0 spiro atoms. The molecule has 0 heterocycles. The molecule has 0 aromatic rings. The lowest BCUT2D eigenvalue weighted by atomic mass is 10.8. The van der Waals surface area contributed by atoms with Crippen LogP contribution in [0.4, 0.5) is 8.78 Å². The van der Waals surface area contributed by atoms with E-state index >= 15 is 0 Å². The van der Waals surface area contributed by atoms with Crippen molar-refractivity contribution in [1.82, 2.24) is 0 Å². The standard InChI is InChI=1S/C4H6F2S/c1-7-3-2-4(3,5)6/h3H,2H2,1H3. The van der Waals surface area contributed by atoms with Crippen LogP contribution < -0.4 is 0 Å². The Morgan fingerprint density at radius 1 is 1.71 bits per heavy atom. The zero-order valence-electron chi connectivity index (χ0n) is 3.95. The molecule has 1 atom stereocenters. The van der Waals surface area contributed by atoms with Crippen molar-refractivity contribution in [3.63, 3.8) is 0 Å². The molecular weight excluding hydrogens is 118 g/mol. The molecule has 0 radical (unpaired) electrons. The van der Waals surface area contributed by atoms with E-state index in [-0.39, 0.29) is 11.7 Å². The van der Waals surface area contributed by atoms with Crippen LogP contribution in [-0.2, 0) is 0 Å². The normalized spacial score (nSPS) is 35.6. The lowest BCUT2D eigenvalue weighted by Crippen LogP contribution is -1.91. The zero-order valence-corrected chi connectivity index (χ0v) is 4.77. The summed E-state index contributed by atoms with van der Waals surface area (Å²) in [6, 6.07) is 0. The summed E-state index contributed by atoms with van der Waals surface area (Å²) in [5, 5.41) is -0.368. The van der Waals surface area contributed by atoms with Gasteiger partial charge in [-0.1, -0.05) is 0 Å². The van der Waals surface area contributed by atoms with Crippen LogP contribution in [0.3, 0.4) is 0 Å². The summed E-state index contributed by atoms with van der Waals surface area (Å²) in [4.78, 5) is 0. The lowest BCUT2D eigenvalue weighted by Gasteiger charge is -1.87. The van der Waals surface area contributed by atoms with E-state index in [1.54, 1.807) is 6.26 Å². The highest BCUT2D eigenvalue weighted by molar-refractivity contribution is 7.99. The van der Waals surface area contributed by atoms with Crippen LogP contribution in [0, 0.1) is 0 Å². The highest BCUT2D eigenvalue weighted by Crippen LogP contribution is 2.49. The number of rotatable bonds is 1. The molecule has 0 bridgehead atoms. The summed E-state index contributed by atoms with van der Waals surface area (Å²) < 4.78 is 23.6. The van der Waals surface area contributed by atoms with Gasteiger partial charge in [-0.3, -0.25) is 0 Å². The van der Waals surface area contributed by atoms with E-state index in [1.807, 2.05) is 0 Å². The Bertz CT molecular complexity index is 81.8. The van der Waals surface area contributed by atoms with Gasteiger partial charge >= 0.3 is 0 Å². The van der Waals surface area contributed by atoms with Gasteiger partial charge in [0.05, 0.1) is 5.25 Å². The molecule has 0 aromatic heterocycles. The molecule has 3 heteroatoms. The number of alkyl halides is 2. The van der Waals surface area contributed by atoms with Gasteiger partial charge in [0.25, 0.3) is 5.92 Å². The number of hydrogen-bond acceptors (Lipinski definition) is 1. The molecular formula is C4H6F2S. The van der Waals surface area contributed by atoms with Gasteiger partial charge in [0.15, 0.2) is 0 Å². The molecule has 1 saturated carbocycles. The van der Waals surface area contributed by atoms with Crippen molar-refractivity contribution in [3.8, 4) is 0 Å². The minimum absolute atomic E-state index is 0.0914. The van der Waals surface area contributed by atoms with Crippen molar-refractivity contribution in [2.75, 3.05) is 6.26 Å². The van der Waals surface area contributed by atoms with E-state index < -0.39 is 5.92 Å². The summed E-state index contributed by atoms with van der Waals surface area (Å²) in [6.07, 6.45) is 1.81. The maximum Gasteiger partial charge on any atom is 0.261 e. The Morgan fingerprint density at radius 3 is 2.14 bits per heavy atom. The predicted molar refractivity (Wildman–Crippen MR) is 26.9 cm³/mol. The van der Waals surface area contributed by atoms with Crippen LogP contribution in [-0.4, -0.2) is 17.4 Å². The first-order chi connectivity index (χ1) is 3.17. The van der Waals surface area contributed by atoms with Crippen molar-refractivity contribution in [3.05, 3.63) is 0 Å². The fourth-order valence-corrected chi connectivity index (χ4v) is 1.18. The van der Waals surface area contributed by atoms with Crippen molar-refractivity contribution in [2.45, 2.75) is 17.6 Å². The third-order valence-electron chi connectivity index (χ3n) is 1.05. The average molecular weight is 124 g/mol. The minimum atomic E-state index is -2.32. The van der Waals surface area contributed by atoms with Crippen LogP contribution in [0.5, 0.6) is 0 Å². The molecule has 0 N–H and O–H groups in total. The van der Waals surface area contributed by atoms with E-state index in [9.17, 15) is 8.78 Å². The molecule has 0 saturated heterocycles. The second kappa shape index (κ2) is 1.34. The van der Waals surface area contributed by atoms with E-state index in [2.05, 4.69) is 0 Å². The van der Waals surface area contributed by atoms with Crippen LogP contribution in [0.1, 0.15) is 6.42 Å². The molecule has 42 valence electrons. The lowest BCUT2D eigenvalue weighted by molar-refractivity contribution is 0.122. The summed E-state index contributed by atoms with van der Waals surface area (Å²) in [6.45, 7) is 0. The van der Waals surface area contributed by atoms with Gasteiger partial charge in [-0.15, -0.1) is 0 Å². The molecule has 0 amide bonds. The topological polar surface area (TPSA) is 0 Å². The Hall–Kier alpha value is 0.210. The molecule has 1 rings (SSSR count). The van der Waals surface area contributed by atoms with E-state index in [4.69, 9.17) is 0 Å². The van der Waals surface area contributed by atoms with Crippen molar-refractivity contribution in [1.29, 1.82) is 0 Å². The molecule has 1 aliphatic carbocycles. The smallest absolute Gasteiger partial charge is 0.206 e. The van der Waals surface area contributed by atoms with E-state index in [0.29, 0.717) is 0 Å². The first kappa shape index (κ1) is 5.35. The molecule has 7 heavy (non-hydrogen) atoms. The second-order valence-corrected chi connectivity index (χ2v) is 2.73. The second-order valence-electron chi connectivity index (χ2n) is 1.69. The minimum Gasteiger partial charge on any atom is -0.206 e. The maximum atomic E-state index is 11.8. The van der Waals surface area contributed by atoms with Gasteiger partial charge in [-0.05, 0) is 6.26 Å². The monoisotopic (exact) mass is 124 g/mol. The largest absolute Gasteiger partial charge is 0.261 e. The van der Waals surface area contributed by atoms with Crippen molar-refractivity contribution >= 4 is 11.8 Å². The molecule has 0 aromatic carbocycles. The Balaban J connectivity index is 2.30. The number of hydrogen-bond donors (Lipinski definition) is 0. The quantitative estimate of drug-likeness (QED) is 0.513. The highest BCUT2D eigenvalue weighted by atomic mass is 32.2. The molecule has 1 unspecified atom stereocenters. The Labute approximate surface area is 45.3 Å². The summed E-state index contributed by atoms with van der Waals surface area (Å²) in [5.41, 5.74) is 0. The van der Waals surface area contributed by atoms with Crippen LogP contribution in [0.15, 0.2) is 0 Å². The van der Waals surface area contributed by atoms with Crippen LogP contribution in [0.2, 0.25) is 0 Å². The number of halogens is 2. The Morgan fingerprint density at radius 2 is 2.14 bits per heavy atom. The van der Waals surface area contributed by atoms with Crippen LogP contribution in [0.25, 0.3) is 0 Å². The van der Waals surface area contributed by atoms with Gasteiger partial charge in [0.2, 0.25) is 0 Å². The third-order valence-corrected chi connectivity index (χ3v) is 2.13. The first-order valence-corrected chi connectivity index (χ1v) is 3.36. The highest BCUT2D eigenvalue weighted by Gasteiger charge is 2.56. The molecule has 0 aliphatic heterocycles. The van der Waals surface area contributed by atoms with Gasteiger partial charge in [0, 0.05) is 6.42 Å². The SMILES string of the molecule is CSC1CC1(F)F. The summed E-state index contributed by atoms with van der Waals surface area (Å²) in [7, 11) is 0. The first-order valence-electron chi connectivity index (χ1n) is 2.07. The van der Waals surface area contributed by atoms with Gasteiger partial charge in [-0.25, -0.2) is 8.78 Å². The summed E-state index contributed by atoms with van der Waals surface area (Å²) in [5.74, 6) is -2.32. The van der Waals surface area contributed by atoms with E-state index in [1.165, 1.54) is 11.8 Å². The summed E-state index contributed by atoms with van der Waals surface area (Å²) >= 11 is 1.25. The average Bonchev–Trinajstić information content (AvgIpc) is 2.13. The van der Waals surface area contributed by atoms with Gasteiger partial charge in [-0.2, -0.15) is 11.8 Å².